The Kier molecular flexibility index (Phi) is 16.7. The summed E-state index contributed by atoms with van der Waals surface area (Å²) < 4.78 is 0. The quantitative estimate of drug-likeness (QED) is 0.0797. The van der Waals surface area contributed by atoms with Gasteiger partial charge in [-0.25, -0.2) is 0 Å². The molecule has 0 spiro atoms. The number of aromatic hydroxyl groups is 3. The predicted molar refractivity (Wildman–Crippen MR) is 346 cm³/mol. The fraction of sp³-hybridized carbons (Fsp3) is 0.474. The number of allylic oxidation sites excluding steroid dienone is 5. The van der Waals surface area contributed by atoms with Gasteiger partial charge in [0.15, 0.2) is 5.78 Å². The van der Waals surface area contributed by atoms with Crippen molar-refractivity contribution in [3.63, 3.8) is 0 Å². The summed E-state index contributed by atoms with van der Waals surface area (Å²) in [5, 5.41) is 75.9. The van der Waals surface area contributed by atoms with Crippen LogP contribution in [0.2, 0.25) is 0 Å². The molecule has 7 rings (SSSR count). The maximum absolute atomic E-state index is 15.4. The molecular formula is C76H98O8. The highest BCUT2D eigenvalue weighted by molar-refractivity contribution is 6.42. The molecule has 6 N–H and O–H groups in total. The summed E-state index contributed by atoms with van der Waals surface area (Å²) in [7, 11) is 0. The van der Waals surface area contributed by atoms with Crippen LogP contribution in [0.5, 0.6) is 17.2 Å². The van der Waals surface area contributed by atoms with Crippen molar-refractivity contribution in [2.75, 3.05) is 0 Å². The standard InChI is InChI=1S/C76H98O8/c1-69(2,3)45-25-41(26-46(37-45)70(4,5)6)33-53-61(77)54(34-42-27-47(71(7,8)9)38-48(28-42)72(10,11)12)64(80)57(63(53)79)59-67(83)60(68(59)84)58-65(81)55(35-43-29-49(73(13,14)15)39-50(30-43)74(16,17)18)62(78)56(66(58)82)36-44-31-51(75(19,20)21)40-52(32-44)76(22,23)24/h25-32,37-40,77-81,83H,33-36H2,1-24H3. The molecule has 0 saturated carbocycles. The lowest BCUT2D eigenvalue weighted by Crippen LogP contribution is -2.30. The Morgan fingerprint density at radius 1 is 0.262 bits per heavy atom. The number of hydrogen-bond acceptors (Lipinski definition) is 8. The van der Waals surface area contributed by atoms with Crippen LogP contribution in [0.1, 0.15) is 250 Å². The van der Waals surface area contributed by atoms with Crippen molar-refractivity contribution < 1.29 is 40.2 Å². The Morgan fingerprint density at radius 2 is 0.500 bits per heavy atom. The van der Waals surface area contributed by atoms with E-state index >= 15 is 9.59 Å². The normalized spacial score (nSPS) is 16.3. The van der Waals surface area contributed by atoms with Gasteiger partial charge in [0.05, 0.1) is 22.3 Å². The van der Waals surface area contributed by atoms with Gasteiger partial charge in [0.1, 0.15) is 34.5 Å². The molecule has 8 nitrogen and oxygen atoms in total. The molecule has 0 saturated heterocycles. The van der Waals surface area contributed by atoms with Gasteiger partial charge in [0, 0.05) is 48.0 Å². The minimum absolute atomic E-state index is 0.00853. The van der Waals surface area contributed by atoms with E-state index in [-0.39, 0.29) is 97.0 Å². The molecule has 5 aromatic carbocycles. The highest BCUT2D eigenvalue weighted by Crippen LogP contribution is 2.53. The number of aliphatic hydroxyl groups is 3. The third kappa shape index (κ3) is 13.2. The molecule has 0 fully saturated rings. The molecule has 0 radical (unpaired) electrons. The summed E-state index contributed by atoms with van der Waals surface area (Å²) in [5.41, 5.74) is 7.27. The lowest BCUT2D eigenvalue weighted by atomic mass is 9.73. The van der Waals surface area contributed by atoms with E-state index in [1.807, 2.05) is 48.5 Å². The third-order valence-electron chi connectivity index (χ3n) is 17.1. The number of hydrogen-bond donors (Lipinski definition) is 6. The van der Waals surface area contributed by atoms with Gasteiger partial charge < -0.3 is 30.6 Å². The van der Waals surface area contributed by atoms with Crippen LogP contribution in [-0.2, 0) is 78.6 Å². The van der Waals surface area contributed by atoms with Crippen LogP contribution in [0.25, 0.3) is 5.57 Å². The monoisotopic (exact) mass is 1140 g/mol. The van der Waals surface area contributed by atoms with Crippen molar-refractivity contribution in [2.45, 2.75) is 235 Å². The minimum atomic E-state index is -0.917. The van der Waals surface area contributed by atoms with Crippen LogP contribution in [0, 0.1) is 0 Å². The molecule has 2 aliphatic rings. The summed E-state index contributed by atoms with van der Waals surface area (Å²) in [5.74, 6) is -5.14. The van der Waals surface area contributed by atoms with Crippen molar-refractivity contribution in [1.29, 1.82) is 0 Å². The summed E-state index contributed by atoms with van der Waals surface area (Å²) in [6.45, 7) is 50.9. The first-order chi connectivity index (χ1) is 38.0. The van der Waals surface area contributed by atoms with Crippen LogP contribution in [0.15, 0.2) is 112 Å². The van der Waals surface area contributed by atoms with E-state index in [0.717, 1.165) is 66.8 Å². The van der Waals surface area contributed by atoms with E-state index < -0.39 is 62.6 Å². The molecule has 0 unspecified atom stereocenters. The molecule has 0 aromatic heterocycles. The number of aliphatic hydroxyl groups excluding tert-OH is 3. The second kappa shape index (κ2) is 21.6. The SMILES string of the molecule is CC(C)(C)c1cc(CC2=C(O)C(Cc3cc(C(C)(C)C)cc(C(C)(C)C)c3)=C(O)C(=C3C(=O)C(c4c(O)c(Cc5cc(C(C)(C)C)cc(C(C)(C)C)c5)c(O)c(Cc5cc(C(C)(C)C)cc(C(C)(C)C)c5)c4O)=C3O)C2=O)cc(C(C)(C)C)c1. The number of carbonyl (C=O) groups excluding carboxylic acids is 2. The zero-order valence-corrected chi connectivity index (χ0v) is 55.3. The highest BCUT2D eigenvalue weighted by Gasteiger charge is 2.46. The second-order valence-electron chi connectivity index (χ2n) is 32.5. The molecule has 450 valence electrons. The lowest BCUT2D eigenvalue weighted by molar-refractivity contribution is -0.115. The number of benzene rings is 5. The summed E-state index contributed by atoms with van der Waals surface area (Å²) >= 11 is 0. The molecule has 8 heteroatoms. The summed E-state index contributed by atoms with van der Waals surface area (Å²) in [4.78, 5) is 30.9. The zero-order chi connectivity index (χ0) is 63.5. The van der Waals surface area contributed by atoms with Crippen LogP contribution < -0.4 is 0 Å². The van der Waals surface area contributed by atoms with E-state index in [1.54, 1.807) is 0 Å². The van der Waals surface area contributed by atoms with Crippen molar-refractivity contribution in [3.8, 4) is 17.2 Å². The van der Waals surface area contributed by atoms with Crippen molar-refractivity contribution in [2.24, 2.45) is 0 Å². The lowest BCUT2D eigenvalue weighted by Gasteiger charge is -2.30. The van der Waals surface area contributed by atoms with Crippen molar-refractivity contribution in [1.82, 2.24) is 0 Å². The molecule has 0 bridgehead atoms. The van der Waals surface area contributed by atoms with Crippen LogP contribution in [0.3, 0.4) is 0 Å². The number of Topliss-reactive ketones (excluding diaryl/α,β-unsaturated/α-hetero) is 2. The average Bonchev–Trinajstić information content (AvgIpc) is 0.798. The topological polar surface area (TPSA) is 156 Å². The fourth-order valence-electron chi connectivity index (χ4n) is 11.1. The molecule has 5 aromatic rings. The van der Waals surface area contributed by atoms with E-state index in [0.29, 0.717) is 0 Å². The number of carbonyl (C=O) groups is 2. The number of rotatable bonds is 9. The smallest absolute Gasteiger partial charge is 0.202 e. The molecule has 84 heavy (non-hydrogen) atoms. The van der Waals surface area contributed by atoms with Gasteiger partial charge >= 0.3 is 0 Å². The van der Waals surface area contributed by atoms with Crippen LogP contribution >= 0.6 is 0 Å². The minimum Gasteiger partial charge on any atom is -0.507 e. The first-order valence-electron chi connectivity index (χ1n) is 30.0. The molecule has 0 heterocycles. The van der Waals surface area contributed by atoms with Gasteiger partial charge in [-0.3, -0.25) is 9.59 Å². The van der Waals surface area contributed by atoms with Gasteiger partial charge in [-0.15, -0.1) is 0 Å². The van der Waals surface area contributed by atoms with E-state index in [4.69, 9.17) is 0 Å². The Bertz CT molecular complexity index is 3400. The molecule has 0 aliphatic heterocycles. The third-order valence-corrected chi connectivity index (χ3v) is 17.1. The summed E-state index contributed by atoms with van der Waals surface area (Å²) in [6.07, 6.45) is -0.142. The predicted octanol–water partition coefficient (Wildman–Crippen LogP) is 18.2. The Hall–Kier alpha value is -6.80. The Balaban J connectivity index is 1.53. The largest absolute Gasteiger partial charge is 0.507 e. The van der Waals surface area contributed by atoms with E-state index in [9.17, 15) is 30.6 Å². The number of phenolic OH excluding ortho intramolecular Hbond substituents is 3. The first kappa shape index (κ1) is 64.8. The van der Waals surface area contributed by atoms with Crippen LogP contribution in [-0.4, -0.2) is 42.2 Å². The fourth-order valence-corrected chi connectivity index (χ4v) is 11.1. The van der Waals surface area contributed by atoms with Gasteiger partial charge in [-0.05, 0) is 110 Å². The average molecular weight is 1140 g/mol. The number of ketones is 2. The second-order valence-corrected chi connectivity index (χ2v) is 32.5. The van der Waals surface area contributed by atoms with Gasteiger partial charge in [-0.2, -0.15) is 0 Å². The zero-order valence-electron chi connectivity index (χ0n) is 55.3. The van der Waals surface area contributed by atoms with Gasteiger partial charge in [0.2, 0.25) is 5.78 Å². The van der Waals surface area contributed by atoms with Gasteiger partial charge in [0.25, 0.3) is 0 Å². The molecule has 0 atom stereocenters. The maximum Gasteiger partial charge on any atom is 0.202 e. The first-order valence-corrected chi connectivity index (χ1v) is 30.0. The molecule has 0 amide bonds. The number of phenols is 3. The van der Waals surface area contributed by atoms with Gasteiger partial charge in [-0.1, -0.05) is 239 Å². The van der Waals surface area contributed by atoms with E-state index in [2.05, 4.69) is 190 Å². The van der Waals surface area contributed by atoms with Crippen molar-refractivity contribution in [3.05, 3.63) is 196 Å². The van der Waals surface area contributed by atoms with Crippen molar-refractivity contribution >= 4 is 17.1 Å². The molecular weight excluding hydrogens is 1040 g/mol. The summed E-state index contributed by atoms with van der Waals surface area (Å²) in [6, 6.07) is 25.0. The Labute approximate surface area is 503 Å². The highest BCUT2D eigenvalue weighted by atomic mass is 16.3. The maximum atomic E-state index is 15.4. The van der Waals surface area contributed by atoms with Crippen LogP contribution in [0.4, 0.5) is 0 Å². The van der Waals surface area contributed by atoms with E-state index in [1.165, 1.54) is 0 Å². The molecule has 2 aliphatic carbocycles. The Morgan fingerprint density at radius 3 is 0.750 bits per heavy atom.